The van der Waals surface area contributed by atoms with Gasteiger partial charge in [-0.2, -0.15) is 0 Å². The first-order chi connectivity index (χ1) is 13.2. The Kier molecular flexibility index (Phi) is 5.56. The summed E-state index contributed by atoms with van der Waals surface area (Å²) in [6.07, 6.45) is 2.45. The van der Waals surface area contributed by atoms with E-state index in [4.69, 9.17) is 4.74 Å². The van der Waals surface area contributed by atoms with Crippen LogP contribution in [0, 0.1) is 12.7 Å². The SMILES string of the molecule is CC(=O)c1cc(CN2CCC(Oc3ccc(F)cc3C)(C(=O)O)CC2)n(C)c1. The van der Waals surface area contributed by atoms with Crippen molar-refractivity contribution in [1.29, 1.82) is 0 Å². The zero-order valence-corrected chi connectivity index (χ0v) is 16.4. The maximum atomic E-state index is 13.3. The highest BCUT2D eigenvalue weighted by Gasteiger charge is 2.44. The Hall–Kier alpha value is -2.67. The van der Waals surface area contributed by atoms with E-state index >= 15 is 0 Å². The molecule has 0 bridgehead atoms. The van der Waals surface area contributed by atoms with Crippen molar-refractivity contribution < 1.29 is 23.8 Å². The Morgan fingerprint density at radius 3 is 2.46 bits per heavy atom. The number of carbonyl (C=O) groups is 2. The number of piperidine rings is 1. The highest BCUT2D eigenvalue weighted by atomic mass is 19.1. The van der Waals surface area contributed by atoms with Gasteiger partial charge in [-0.1, -0.05) is 0 Å². The molecule has 1 aromatic carbocycles. The first-order valence-electron chi connectivity index (χ1n) is 9.27. The molecule has 0 atom stereocenters. The summed E-state index contributed by atoms with van der Waals surface area (Å²) in [7, 11) is 1.90. The number of hydrogen-bond acceptors (Lipinski definition) is 4. The molecule has 0 amide bonds. The van der Waals surface area contributed by atoms with Gasteiger partial charge in [0.25, 0.3) is 0 Å². The molecule has 7 heteroatoms. The second-order valence-electron chi connectivity index (χ2n) is 7.47. The lowest BCUT2D eigenvalue weighted by Gasteiger charge is -2.39. The van der Waals surface area contributed by atoms with Crippen molar-refractivity contribution in [1.82, 2.24) is 9.47 Å². The molecular weight excluding hydrogens is 363 g/mol. The van der Waals surface area contributed by atoms with Crippen molar-refractivity contribution in [3.63, 3.8) is 0 Å². The van der Waals surface area contributed by atoms with Crippen LogP contribution >= 0.6 is 0 Å². The predicted octanol–water partition coefficient (Wildman–Crippen LogP) is 3.17. The van der Waals surface area contributed by atoms with Crippen LogP contribution in [0.25, 0.3) is 0 Å². The van der Waals surface area contributed by atoms with Gasteiger partial charge in [-0.05, 0) is 43.7 Å². The normalized spacial score (nSPS) is 16.7. The van der Waals surface area contributed by atoms with Gasteiger partial charge in [0, 0.05) is 57.0 Å². The maximum absolute atomic E-state index is 13.3. The summed E-state index contributed by atoms with van der Waals surface area (Å²) in [6, 6.07) is 5.96. The second-order valence-corrected chi connectivity index (χ2v) is 7.47. The van der Waals surface area contributed by atoms with Crippen molar-refractivity contribution in [3.05, 3.63) is 53.1 Å². The van der Waals surface area contributed by atoms with Gasteiger partial charge in [0.2, 0.25) is 5.60 Å². The first-order valence-corrected chi connectivity index (χ1v) is 9.27. The Morgan fingerprint density at radius 1 is 1.25 bits per heavy atom. The van der Waals surface area contributed by atoms with Crippen molar-refractivity contribution in [3.8, 4) is 5.75 Å². The average molecular weight is 388 g/mol. The number of ketones is 1. The fourth-order valence-corrected chi connectivity index (χ4v) is 3.56. The fraction of sp³-hybridized carbons (Fsp3) is 0.429. The molecule has 1 saturated heterocycles. The van der Waals surface area contributed by atoms with E-state index in [1.54, 1.807) is 6.92 Å². The lowest BCUT2D eigenvalue weighted by molar-refractivity contribution is -0.160. The maximum Gasteiger partial charge on any atom is 0.348 e. The molecule has 6 nitrogen and oxygen atoms in total. The van der Waals surface area contributed by atoms with Crippen LogP contribution in [-0.4, -0.2) is 45.0 Å². The summed E-state index contributed by atoms with van der Waals surface area (Å²) in [5.41, 5.74) is 0.925. The third-order valence-electron chi connectivity index (χ3n) is 5.40. The fourth-order valence-electron chi connectivity index (χ4n) is 3.56. The summed E-state index contributed by atoms with van der Waals surface area (Å²) in [4.78, 5) is 25.7. The lowest BCUT2D eigenvalue weighted by Crippen LogP contribution is -2.53. The molecule has 1 aliphatic rings. The zero-order valence-electron chi connectivity index (χ0n) is 16.4. The molecule has 2 aromatic rings. The number of rotatable bonds is 6. The van der Waals surface area contributed by atoms with E-state index in [9.17, 15) is 19.1 Å². The van der Waals surface area contributed by atoms with Crippen LogP contribution in [0.4, 0.5) is 4.39 Å². The highest BCUT2D eigenvalue weighted by Crippen LogP contribution is 2.32. The first kappa shape index (κ1) is 20.1. The number of ether oxygens (including phenoxy) is 1. The Labute approximate surface area is 163 Å². The van der Waals surface area contributed by atoms with E-state index in [0.717, 1.165) is 5.69 Å². The summed E-state index contributed by atoms with van der Waals surface area (Å²) in [5, 5.41) is 9.82. The standard InChI is InChI=1S/C21H25FN2O4/c1-14-10-17(22)4-5-19(14)28-21(20(26)27)6-8-24(9-7-21)13-18-11-16(15(2)25)12-23(18)3/h4-5,10-12H,6-9,13H2,1-3H3,(H,26,27). The zero-order chi connectivity index (χ0) is 20.5. The van der Waals surface area contributed by atoms with Gasteiger partial charge in [0.05, 0.1) is 0 Å². The van der Waals surface area contributed by atoms with Crippen LogP contribution in [0.2, 0.25) is 0 Å². The highest BCUT2D eigenvalue weighted by molar-refractivity contribution is 5.94. The molecule has 0 radical (unpaired) electrons. The molecule has 1 aliphatic heterocycles. The Balaban J connectivity index is 1.70. The van der Waals surface area contributed by atoms with Crippen LogP contribution in [-0.2, 0) is 18.4 Å². The van der Waals surface area contributed by atoms with E-state index in [0.29, 0.717) is 49.4 Å². The van der Waals surface area contributed by atoms with Gasteiger partial charge in [0.1, 0.15) is 11.6 Å². The number of nitrogens with zero attached hydrogens (tertiary/aromatic N) is 2. The third kappa shape index (κ3) is 4.09. The molecule has 1 N–H and O–H groups in total. The van der Waals surface area contributed by atoms with Crippen LogP contribution in [0.5, 0.6) is 5.75 Å². The van der Waals surface area contributed by atoms with Gasteiger partial charge in [0.15, 0.2) is 5.78 Å². The number of aryl methyl sites for hydroxylation is 2. The molecular formula is C21H25FN2O4. The van der Waals surface area contributed by atoms with Gasteiger partial charge in [-0.3, -0.25) is 9.69 Å². The number of aromatic nitrogens is 1. The van der Waals surface area contributed by atoms with Gasteiger partial charge in [-0.25, -0.2) is 9.18 Å². The Morgan fingerprint density at radius 2 is 1.93 bits per heavy atom. The minimum atomic E-state index is -1.32. The van der Waals surface area contributed by atoms with E-state index < -0.39 is 11.6 Å². The predicted molar refractivity (Wildman–Crippen MR) is 102 cm³/mol. The van der Waals surface area contributed by atoms with E-state index in [1.807, 2.05) is 23.9 Å². The smallest absolute Gasteiger partial charge is 0.348 e. The summed E-state index contributed by atoms with van der Waals surface area (Å²) in [5.74, 6) is -0.968. The summed E-state index contributed by atoms with van der Waals surface area (Å²) >= 11 is 0. The number of carbonyl (C=O) groups excluding carboxylic acids is 1. The molecule has 1 aromatic heterocycles. The molecule has 2 heterocycles. The van der Waals surface area contributed by atoms with Crippen LogP contribution in [0.3, 0.4) is 0 Å². The van der Waals surface area contributed by atoms with Crippen LogP contribution in [0.1, 0.15) is 41.4 Å². The van der Waals surface area contributed by atoms with E-state index in [1.165, 1.54) is 25.1 Å². The molecule has 150 valence electrons. The molecule has 1 fully saturated rings. The number of likely N-dealkylation sites (tertiary alicyclic amines) is 1. The molecule has 0 saturated carbocycles. The van der Waals surface area contributed by atoms with Gasteiger partial charge < -0.3 is 14.4 Å². The quantitative estimate of drug-likeness (QED) is 0.770. The number of carboxylic acid groups (broad SMARTS) is 1. The third-order valence-corrected chi connectivity index (χ3v) is 5.40. The molecule has 0 spiro atoms. The van der Waals surface area contributed by atoms with Crippen molar-refractivity contribution in [2.24, 2.45) is 7.05 Å². The number of carboxylic acids is 1. The number of aliphatic carboxylic acids is 1. The van der Waals surface area contributed by atoms with Crippen LogP contribution in [0.15, 0.2) is 30.5 Å². The molecule has 0 unspecified atom stereocenters. The number of halogens is 1. The molecule has 0 aliphatic carbocycles. The van der Waals surface area contributed by atoms with Gasteiger partial charge in [-0.15, -0.1) is 0 Å². The van der Waals surface area contributed by atoms with Gasteiger partial charge >= 0.3 is 5.97 Å². The van der Waals surface area contributed by atoms with E-state index in [-0.39, 0.29) is 11.6 Å². The molecule has 3 rings (SSSR count). The van der Waals surface area contributed by atoms with Crippen molar-refractivity contribution >= 4 is 11.8 Å². The molecule has 28 heavy (non-hydrogen) atoms. The summed E-state index contributed by atoms with van der Waals surface area (Å²) < 4.78 is 21.2. The monoisotopic (exact) mass is 388 g/mol. The minimum Gasteiger partial charge on any atom is -0.478 e. The number of benzene rings is 1. The number of hydrogen-bond donors (Lipinski definition) is 1. The van der Waals surface area contributed by atoms with Crippen molar-refractivity contribution in [2.45, 2.75) is 38.8 Å². The van der Waals surface area contributed by atoms with E-state index in [2.05, 4.69) is 4.90 Å². The topological polar surface area (TPSA) is 71.8 Å². The largest absolute Gasteiger partial charge is 0.478 e. The Bertz CT molecular complexity index is 898. The summed E-state index contributed by atoms with van der Waals surface area (Å²) in [6.45, 7) is 4.97. The minimum absolute atomic E-state index is 0.0217. The van der Waals surface area contributed by atoms with Crippen LogP contribution < -0.4 is 4.74 Å². The van der Waals surface area contributed by atoms with Crippen molar-refractivity contribution in [2.75, 3.05) is 13.1 Å². The average Bonchev–Trinajstić information content (AvgIpc) is 3.00. The lowest BCUT2D eigenvalue weighted by atomic mass is 9.90. The second kappa shape index (κ2) is 7.75. The number of Topliss-reactive ketones (excluding diaryl/α,β-unsaturated/α-hetero) is 1.